The van der Waals surface area contributed by atoms with Gasteiger partial charge in [0, 0.05) is 29.9 Å². The predicted molar refractivity (Wildman–Crippen MR) is 122 cm³/mol. The molecule has 3 aromatic heterocycles. The number of nitrogens with zero attached hydrogens (tertiary/aromatic N) is 4. The normalized spacial score (nSPS) is 12.1. The van der Waals surface area contributed by atoms with Crippen LogP contribution in [0.25, 0.3) is 28.2 Å². The largest absolute Gasteiger partial charge is 0.350 e. The smallest absolute Gasteiger partial charge is 0.251 e. The second-order valence-electron chi connectivity index (χ2n) is 7.24. The van der Waals surface area contributed by atoms with E-state index in [4.69, 9.17) is 16.6 Å². The van der Waals surface area contributed by atoms with Gasteiger partial charge in [-0.2, -0.15) is 5.10 Å². The number of nitrogens with one attached hydrogen (secondary N) is 2. The number of benzene rings is 1. The first-order valence-electron chi connectivity index (χ1n) is 10.1. The van der Waals surface area contributed by atoms with E-state index >= 15 is 0 Å². The van der Waals surface area contributed by atoms with Crippen LogP contribution in [0.1, 0.15) is 24.2 Å². The van der Waals surface area contributed by atoms with Gasteiger partial charge in [0.1, 0.15) is 5.15 Å². The van der Waals surface area contributed by atoms with Crippen LogP contribution >= 0.6 is 11.6 Å². The van der Waals surface area contributed by atoms with Crippen molar-refractivity contribution in [2.75, 3.05) is 13.1 Å². The number of carbonyl (C=O) groups excluding carboxylic acids is 1. The van der Waals surface area contributed by atoms with Crippen LogP contribution in [-0.4, -0.2) is 44.6 Å². The Balaban J connectivity index is 1.67. The van der Waals surface area contributed by atoms with Gasteiger partial charge in [-0.15, -0.1) is 0 Å². The first-order chi connectivity index (χ1) is 15.0. The van der Waals surface area contributed by atoms with Crippen LogP contribution in [0.3, 0.4) is 0 Å². The van der Waals surface area contributed by atoms with Gasteiger partial charge in [0.05, 0.1) is 23.1 Å². The van der Waals surface area contributed by atoms with Crippen molar-refractivity contribution >= 4 is 23.2 Å². The molecule has 7 nitrogen and oxygen atoms in total. The Labute approximate surface area is 185 Å². The van der Waals surface area contributed by atoms with Crippen LogP contribution < -0.4 is 10.6 Å². The van der Waals surface area contributed by atoms with Crippen LogP contribution in [0.5, 0.6) is 0 Å². The maximum atomic E-state index is 12.7. The Kier molecular flexibility index (Phi) is 6.25. The number of rotatable bonds is 7. The second kappa shape index (κ2) is 9.24. The van der Waals surface area contributed by atoms with E-state index in [1.165, 1.54) is 0 Å². The summed E-state index contributed by atoms with van der Waals surface area (Å²) in [5.74, 6) is -0.204. The Morgan fingerprint density at radius 3 is 2.71 bits per heavy atom. The fourth-order valence-corrected chi connectivity index (χ4v) is 3.56. The lowest BCUT2D eigenvalue weighted by molar-refractivity contribution is 0.0950. The van der Waals surface area contributed by atoms with Crippen LogP contribution in [0, 0.1) is 0 Å². The van der Waals surface area contributed by atoms with Gasteiger partial charge in [0.25, 0.3) is 5.91 Å². The zero-order valence-electron chi connectivity index (χ0n) is 17.3. The molecule has 0 spiro atoms. The topological polar surface area (TPSA) is 84.2 Å². The van der Waals surface area contributed by atoms with Gasteiger partial charge >= 0.3 is 0 Å². The molecule has 31 heavy (non-hydrogen) atoms. The summed E-state index contributed by atoms with van der Waals surface area (Å²) in [7, 11) is 0. The van der Waals surface area contributed by atoms with E-state index in [2.05, 4.69) is 20.7 Å². The molecule has 1 amide bonds. The minimum atomic E-state index is -0.204. The summed E-state index contributed by atoms with van der Waals surface area (Å²) in [5, 5.41) is 10.8. The fourth-order valence-electron chi connectivity index (χ4n) is 3.35. The predicted octanol–water partition coefficient (Wildman–Crippen LogP) is 3.84. The summed E-state index contributed by atoms with van der Waals surface area (Å²) in [6, 6.07) is 15.3. The Morgan fingerprint density at radius 2 is 1.94 bits per heavy atom. The lowest BCUT2D eigenvalue weighted by atomic mass is 10.1. The average Bonchev–Trinajstić information content (AvgIpc) is 3.21. The van der Waals surface area contributed by atoms with Crippen molar-refractivity contribution in [3.8, 4) is 22.5 Å². The molecule has 8 heteroatoms. The van der Waals surface area contributed by atoms with E-state index in [1.807, 2.05) is 56.4 Å². The number of amides is 1. The lowest BCUT2D eigenvalue weighted by Crippen LogP contribution is -2.38. The summed E-state index contributed by atoms with van der Waals surface area (Å²) in [6.45, 7) is 5.40. The maximum absolute atomic E-state index is 12.7. The molecule has 0 bridgehead atoms. The molecule has 4 aromatic rings. The third-order valence-electron chi connectivity index (χ3n) is 4.89. The molecule has 0 aliphatic rings. The highest BCUT2D eigenvalue weighted by molar-refractivity contribution is 6.30. The summed E-state index contributed by atoms with van der Waals surface area (Å²) in [5.41, 5.74) is 4.17. The average molecular weight is 435 g/mol. The molecule has 158 valence electrons. The molecular formula is C23H23ClN6O. The zero-order chi connectivity index (χ0) is 21.8. The summed E-state index contributed by atoms with van der Waals surface area (Å²) in [6.07, 6.45) is 3.54. The quantitative estimate of drug-likeness (QED) is 0.432. The van der Waals surface area contributed by atoms with Crippen molar-refractivity contribution in [3.05, 3.63) is 71.6 Å². The van der Waals surface area contributed by atoms with E-state index in [0.29, 0.717) is 29.0 Å². The van der Waals surface area contributed by atoms with Crippen LogP contribution in [0.15, 0.2) is 60.9 Å². The highest BCUT2D eigenvalue weighted by atomic mass is 35.5. The molecule has 0 aliphatic carbocycles. The van der Waals surface area contributed by atoms with Gasteiger partial charge in [0.15, 0.2) is 5.65 Å². The molecule has 0 radical (unpaired) electrons. The second-order valence-corrected chi connectivity index (χ2v) is 7.63. The van der Waals surface area contributed by atoms with Gasteiger partial charge < -0.3 is 10.6 Å². The number of fused-ring (bicyclic) bond motifs is 1. The van der Waals surface area contributed by atoms with Gasteiger partial charge in [0.2, 0.25) is 0 Å². The molecular weight excluding hydrogens is 412 g/mol. The first-order valence-corrected chi connectivity index (χ1v) is 10.5. The highest BCUT2D eigenvalue weighted by Crippen LogP contribution is 2.26. The molecule has 0 fully saturated rings. The Hall–Kier alpha value is -3.29. The molecule has 0 aliphatic heterocycles. The summed E-state index contributed by atoms with van der Waals surface area (Å²) >= 11 is 6.25. The Morgan fingerprint density at radius 1 is 1.13 bits per heavy atom. The lowest BCUT2D eigenvalue weighted by Gasteiger charge is -2.13. The number of pyridine rings is 1. The molecule has 3 heterocycles. The van der Waals surface area contributed by atoms with Crippen LogP contribution in [-0.2, 0) is 0 Å². The number of hydrogen-bond donors (Lipinski definition) is 2. The van der Waals surface area contributed by atoms with Crippen molar-refractivity contribution in [3.63, 3.8) is 0 Å². The minimum Gasteiger partial charge on any atom is -0.350 e. The molecule has 2 N–H and O–H groups in total. The maximum Gasteiger partial charge on any atom is 0.251 e. The standard InChI is InChI=1S/C23H23ClN6O/c1-3-25-15(2)13-26-23(31)17-11-20(28-21(24)12-17)18-14-27-30-10-9-19(29-22(18)30)16-7-5-4-6-8-16/h4-12,14-15,25H,3,13H2,1-2H3,(H,26,31). The SMILES string of the molecule is CCNC(C)CNC(=O)c1cc(Cl)nc(-c2cnn3ccc(-c4ccccc4)nc23)c1. The summed E-state index contributed by atoms with van der Waals surface area (Å²) < 4.78 is 1.68. The van der Waals surface area contributed by atoms with Gasteiger partial charge in [-0.1, -0.05) is 48.9 Å². The summed E-state index contributed by atoms with van der Waals surface area (Å²) in [4.78, 5) is 21.9. The fraction of sp³-hybridized carbons (Fsp3) is 0.217. The van der Waals surface area contributed by atoms with Gasteiger partial charge in [-0.25, -0.2) is 14.5 Å². The molecule has 0 saturated heterocycles. The van der Waals surface area contributed by atoms with E-state index in [9.17, 15) is 4.79 Å². The van der Waals surface area contributed by atoms with Crippen molar-refractivity contribution in [1.29, 1.82) is 0 Å². The molecule has 1 unspecified atom stereocenters. The number of hydrogen-bond acceptors (Lipinski definition) is 5. The van der Waals surface area contributed by atoms with Gasteiger partial charge in [-0.05, 0) is 31.7 Å². The van der Waals surface area contributed by atoms with E-state index < -0.39 is 0 Å². The van der Waals surface area contributed by atoms with E-state index in [1.54, 1.807) is 22.8 Å². The van der Waals surface area contributed by atoms with Crippen molar-refractivity contribution in [2.24, 2.45) is 0 Å². The van der Waals surface area contributed by atoms with E-state index in [0.717, 1.165) is 17.8 Å². The van der Waals surface area contributed by atoms with E-state index in [-0.39, 0.29) is 17.1 Å². The van der Waals surface area contributed by atoms with Crippen LogP contribution in [0.4, 0.5) is 0 Å². The van der Waals surface area contributed by atoms with Crippen LogP contribution in [0.2, 0.25) is 5.15 Å². The third kappa shape index (κ3) is 4.73. The van der Waals surface area contributed by atoms with Crippen molar-refractivity contribution in [2.45, 2.75) is 19.9 Å². The monoisotopic (exact) mass is 434 g/mol. The van der Waals surface area contributed by atoms with Crippen molar-refractivity contribution < 1.29 is 4.79 Å². The van der Waals surface area contributed by atoms with Crippen molar-refractivity contribution in [1.82, 2.24) is 30.2 Å². The van der Waals surface area contributed by atoms with Gasteiger partial charge in [-0.3, -0.25) is 4.79 Å². The number of aromatic nitrogens is 4. The Bertz CT molecular complexity index is 1210. The third-order valence-corrected chi connectivity index (χ3v) is 5.09. The minimum absolute atomic E-state index is 0.172. The molecule has 4 rings (SSSR count). The highest BCUT2D eigenvalue weighted by Gasteiger charge is 2.16. The first kappa shape index (κ1) is 21.0. The number of carbonyl (C=O) groups is 1. The molecule has 0 saturated carbocycles. The molecule has 1 atom stereocenters. The number of halogens is 1. The number of likely N-dealkylation sites (N-methyl/N-ethyl adjacent to an activating group) is 1. The molecule has 1 aromatic carbocycles. The zero-order valence-corrected chi connectivity index (χ0v) is 18.1.